The number of hydrogen-bond donors (Lipinski definition) is 1. The van der Waals surface area contributed by atoms with Crippen molar-refractivity contribution in [1.29, 1.82) is 0 Å². The van der Waals surface area contributed by atoms with E-state index in [2.05, 4.69) is 5.32 Å². The van der Waals surface area contributed by atoms with Crippen LogP contribution in [0.4, 0.5) is 5.82 Å². The van der Waals surface area contributed by atoms with E-state index in [1.807, 2.05) is 22.9 Å². The maximum absolute atomic E-state index is 6.46. The molecule has 23 heavy (non-hydrogen) atoms. The molecule has 0 bridgehead atoms. The highest BCUT2D eigenvalue weighted by Crippen LogP contribution is 2.40. The van der Waals surface area contributed by atoms with Gasteiger partial charge in [-0.1, -0.05) is 42.1 Å². The molecule has 122 valence electrons. The van der Waals surface area contributed by atoms with Crippen molar-refractivity contribution in [3.05, 3.63) is 39.5 Å². The number of nitrogens with one attached hydrogen (secondary N) is 1. The van der Waals surface area contributed by atoms with E-state index in [1.165, 1.54) is 49.8 Å². The maximum atomic E-state index is 6.46. The van der Waals surface area contributed by atoms with Gasteiger partial charge < -0.3 is 5.32 Å². The first-order valence-electron chi connectivity index (χ1n) is 8.56. The van der Waals surface area contributed by atoms with Crippen LogP contribution in [0, 0.1) is 0 Å². The van der Waals surface area contributed by atoms with E-state index in [0.29, 0.717) is 16.0 Å². The summed E-state index contributed by atoms with van der Waals surface area (Å²) in [7, 11) is 0. The van der Waals surface area contributed by atoms with Crippen LogP contribution < -0.4 is 5.32 Å². The second kappa shape index (κ2) is 6.37. The Morgan fingerprint density at radius 1 is 1.09 bits per heavy atom. The largest absolute Gasteiger partial charge is 0.370 e. The average Bonchev–Trinajstić information content (AvgIpc) is 3.12. The molecule has 1 aliphatic carbocycles. The Morgan fingerprint density at radius 2 is 1.91 bits per heavy atom. The first-order valence-corrected chi connectivity index (χ1v) is 9.31. The zero-order valence-corrected chi connectivity index (χ0v) is 14.6. The SMILES string of the molecule is Clc1cccc(-n2nc(C3CCCC3)c3c2NCCCC3)c1Cl. The van der Waals surface area contributed by atoms with Gasteiger partial charge in [-0.25, -0.2) is 4.68 Å². The molecule has 1 fully saturated rings. The van der Waals surface area contributed by atoms with Crippen LogP contribution in [-0.4, -0.2) is 16.3 Å². The molecule has 5 heteroatoms. The lowest BCUT2D eigenvalue weighted by Crippen LogP contribution is -2.07. The van der Waals surface area contributed by atoms with Crippen LogP contribution in [0.1, 0.15) is 55.7 Å². The van der Waals surface area contributed by atoms with Crippen LogP contribution in [0.5, 0.6) is 0 Å². The van der Waals surface area contributed by atoms with E-state index in [4.69, 9.17) is 28.3 Å². The van der Waals surface area contributed by atoms with Crippen molar-refractivity contribution in [2.75, 3.05) is 11.9 Å². The molecule has 2 heterocycles. The van der Waals surface area contributed by atoms with Gasteiger partial charge >= 0.3 is 0 Å². The molecule has 1 aliphatic heterocycles. The zero-order chi connectivity index (χ0) is 15.8. The fraction of sp³-hybridized carbons (Fsp3) is 0.500. The Labute approximate surface area is 147 Å². The minimum absolute atomic E-state index is 0.573. The summed E-state index contributed by atoms with van der Waals surface area (Å²) in [5, 5.41) is 9.73. The van der Waals surface area contributed by atoms with Crippen molar-refractivity contribution < 1.29 is 0 Å². The van der Waals surface area contributed by atoms with E-state index in [-0.39, 0.29) is 0 Å². The van der Waals surface area contributed by atoms with Gasteiger partial charge in [0.1, 0.15) is 5.82 Å². The standard InChI is InChI=1S/C18H21Cl2N3/c19-14-9-5-10-15(16(14)20)23-18-13(8-3-4-11-21-18)17(22-23)12-6-1-2-7-12/h5,9-10,12,21H,1-4,6-8,11H2. The van der Waals surface area contributed by atoms with Gasteiger partial charge in [0.2, 0.25) is 0 Å². The summed E-state index contributed by atoms with van der Waals surface area (Å²) in [4.78, 5) is 0. The topological polar surface area (TPSA) is 29.9 Å². The van der Waals surface area contributed by atoms with E-state index < -0.39 is 0 Å². The van der Waals surface area contributed by atoms with Crippen LogP contribution in [0.25, 0.3) is 5.69 Å². The average molecular weight is 350 g/mol. The molecule has 3 nitrogen and oxygen atoms in total. The molecule has 2 aliphatic rings. The molecule has 0 unspecified atom stereocenters. The predicted molar refractivity (Wildman–Crippen MR) is 96.2 cm³/mol. The molecule has 1 saturated carbocycles. The Bertz CT molecular complexity index is 717. The van der Waals surface area contributed by atoms with Crippen molar-refractivity contribution >= 4 is 29.0 Å². The molecule has 0 spiro atoms. The van der Waals surface area contributed by atoms with E-state index in [0.717, 1.165) is 24.5 Å². The van der Waals surface area contributed by atoms with Gasteiger partial charge in [0.25, 0.3) is 0 Å². The van der Waals surface area contributed by atoms with Crippen LogP contribution in [0.15, 0.2) is 18.2 Å². The Morgan fingerprint density at radius 3 is 2.74 bits per heavy atom. The van der Waals surface area contributed by atoms with Gasteiger partial charge in [0.05, 0.1) is 21.4 Å². The van der Waals surface area contributed by atoms with Crippen LogP contribution in [0.3, 0.4) is 0 Å². The minimum Gasteiger partial charge on any atom is -0.370 e. The van der Waals surface area contributed by atoms with Crippen molar-refractivity contribution in [3.63, 3.8) is 0 Å². The number of nitrogens with zero attached hydrogens (tertiary/aromatic N) is 2. The van der Waals surface area contributed by atoms with Crippen molar-refractivity contribution in [2.45, 2.75) is 50.9 Å². The third-order valence-electron chi connectivity index (χ3n) is 5.06. The molecule has 1 N–H and O–H groups in total. The third-order valence-corrected chi connectivity index (χ3v) is 5.87. The van der Waals surface area contributed by atoms with Gasteiger partial charge in [0, 0.05) is 18.0 Å². The van der Waals surface area contributed by atoms with E-state index >= 15 is 0 Å². The van der Waals surface area contributed by atoms with E-state index in [9.17, 15) is 0 Å². The highest BCUT2D eigenvalue weighted by atomic mass is 35.5. The summed E-state index contributed by atoms with van der Waals surface area (Å²) in [6, 6.07) is 5.75. The van der Waals surface area contributed by atoms with Crippen LogP contribution >= 0.6 is 23.2 Å². The van der Waals surface area contributed by atoms with Crippen LogP contribution in [0.2, 0.25) is 10.0 Å². The lowest BCUT2D eigenvalue weighted by Gasteiger charge is -2.11. The van der Waals surface area contributed by atoms with Crippen LogP contribution in [-0.2, 0) is 6.42 Å². The molecule has 1 aromatic heterocycles. The molecule has 0 saturated heterocycles. The van der Waals surface area contributed by atoms with Crippen molar-refractivity contribution in [2.24, 2.45) is 0 Å². The molecule has 4 rings (SSSR count). The molecule has 0 atom stereocenters. The Hall–Kier alpha value is -1.19. The van der Waals surface area contributed by atoms with Crippen molar-refractivity contribution in [3.8, 4) is 5.69 Å². The zero-order valence-electron chi connectivity index (χ0n) is 13.1. The minimum atomic E-state index is 0.573. The second-order valence-electron chi connectivity index (χ2n) is 6.56. The first kappa shape index (κ1) is 15.3. The van der Waals surface area contributed by atoms with E-state index in [1.54, 1.807) is 0 Å². The second-order valence-corrected chi connectivity index (χ2v) is 7.35. The van der Waals surface area contributed by atoms with Gasteiger partial charge in [0.15, 0.2) is 0 Å². The molecule has 0 radical (unpaired) electrons. The molecular formula is C18H21Cl2N3. The predicted octanol–water partition coefficient (Wildman–Crippen LogP) is 5.58. The molecule has 2 aromatic rings. The number of hydrogen-bond acceptors (Lipinski definition) is 2. The fourth-order valence-corrected chi connectivity index (χ4v) is 4.26. The summed E-state index contributed by atoms with van der Waals surface area (Å²) in [5.74, 6) is 1.72. The number of rotatable bonds is 2. The maximum Gasteiger partial charge on any atom is 0.133 e. The summed E-state index contributed by atoms with van der Waals surface area (Å²) >= 11 is 12.7. The summed E-state index contributed by atoms with van der Waals surface area (Å²) in [5.41, 5.74) is 3.54. The number of fused-ring (bicyclic) bond motifs is 1. The van der Waals surface area contributed by atoms with Crippen molar-refractivity contribution in [1.82, 2.24) is 9.78 Å². The number of halogens is 2. The molecule has 1 aromatic carbocycles. The fourth-order valence-electron chi connectivity index (χ4n) is 3.89. The number of anilines is 1. The highest BCUT2D eigenvalue weighted by Gasteiger charge is 2.28. The Kier molecular flexibility index (Phi) is 4.25. The quantitative estimate of drug-likeness (QED) is 0.766. The van der Waals surface area contributed by atoms with Gasteiger partial charge in [-0.2, -0.15) is 5.10 Å². The number of benzene rings is 1. The summed E-state index contributed by atoms with van der Waals surface area (Å²) in [6.45, 7) is 0.987. The third kappa shape index (κ3) is 2.74. The monoisotopic (exact) mass is 349 g/mol. The van der Waals surface area contributed by atoms with Gasteiger partial charge in [-0.05, 0) is 44.2 Å². The smallest absolute Gasteiger partial charge is 0.133 e. The number of aromatic nitrogens is 2. The first-order chi connectivity index (χ1) is 11.3. The Balaban J connectivity index is 1.87. The molecule has 0 amide bonds. The lowest BCUT2D eigenvalue weighted by atomic mass is 9.97. The lowest BCUT2D eigenvalue weighted by molar-refractivity contribution is 0.664. The normalized spacial score (nSPS) is 18.5. The molecular weight excluding hydrogens is 329 g/mol. The summed E-state index contributed by atoms with van der Waals surface area (Å²) < 4.78 is 1.99. The highest BCUT2D eigenvalue weighted by molar-refractivity contribution is 6.43. The van der Waals surface area contributed by atoms with Gasteiger partial charge in [-0.15, -0.1) is 0 Å². The summed E-state index contributed by atoms with van der Waals surface area (Å²) in [6.07, 6.45) is 8.66. The van der Waals surface area contributed by atoms with Gasteiger partial charge in [-0.3, -0.25) is 0 Å².